The Morgan fingerprint density at radius 2 is 2.06 bits per heavy atom. The first-order valence-corrected chi connectivity index (χ1v) is 7.12. The van der Waals surface area contributed by atoms with E-state index in [1.165, 1.54) is 25.7 Å². The maximum atomic E-state index is 4.73. The Hall–Kier alpha value is -0.730. The van der Waals surface area contributed by atoms with Crippen molar-refractivity contribution in [3.63, 3.8) is 0 Å². The highest BCUT2D eigenvalue weighted by atomic mass is 15.3. The van der Waals surface area contributed by atoms with Crippen LogP contribution in [0.1, 0.15) is 53.4 Å². The predicted molar refractivity (Wildman–Crippen MR) is 75.5 cm³/mol. The van der Waals surface area contributed by atoms with Gasteiger partial charge in [0.25, 0.3) is 0 Å². The van der Waals surface area contributed by atoms with E-state index in [0.717, 1.165) is 32.1 Å². The van der Waals surface area contributed by atoms with Gasteiger partial charge in [0, 0.05) is 26.2 Å². The molecule has 0 aromatic rings. The molecule has 0 radical (unpaired) electrons. The van der Waals surface area contributed by atoms with E-state index >= 15 is 0 Å². The molecule has 1 saturated heterocycles. The van der Waals surface area contributed by atoms with E-state index in [2.05, 4.69) is 37.9 Å². The van der Waals surface area contributed by atoms with Crippen LogP contribution in [0.4, 0.5) is 0 Å². The Morgan fingerprint density at radius 3 is 2.59 bits per heavy atom. The highest BCUT2D eigenvalue weighted by Crippen LogP contribution is 2.28. The monoisotopic (exact) mass is 239 g/mol. The summed E-state index contributed by atoms with van der Waals surface area (Å²) in [6.45, 7) is 13.3. The normalized spacial score (nSPS) is 19.8. The lowest BCUT2D eigenvalue weighted by Crippen LogP contribution is -2.40. The first-order chi connectivity index (χ1) is 8.09. The number of nitrogens with one attached hydrogen (secondary N) is 1. The summed E-state index contributed by atoms with van der Waals surface area (Å²) >= 11 is 0. The minimum absolute atomic E-state index is 0.444. The molecule has 0 bridgehead atoms. The van der Waals surface area contributed by atoms with E-state index in [4.69, 9.17) is 4.99 Å². The number of unbranched alkanes of at least 4 members (excludes halogenated alkanes) is 2. The third kappa shape index (κ3) is 4.97. The second kappa shape index (κ2) is 6.87. The van der Waals surface area contributed by atoms with Gasteiger partial charge in [0.1, 0.15) is 0 Å². The second-order valence-corrected chi connectivity index (χ2v) is 5.78. The standard InChI is InChI=1S/C14H29N3/c1-5-7-8-10-16-13(15-6-2)17-11-9-14(3,4)12-17/h5-12H2,1-4H3,(H,15,16). The number of likely N-dealkylation sites (tertiary alicyclic amines) is 1. The molecular formula is C14H29N3. The summed E-state index contributed by atoms with van der Waals surface area (Å²) in [7, 11) is 0. The number of hydrogen-bond acceptors (Lipinski definition) is 1. The van der Waals surface area contributed by atoms with E-state index in [1.54, 1.807) is 0 Å². The van der Waals surface area contributed by atoms with Crippen LogP contribution in [0, 0.1) is 5.41 Å². The van der Waals surface area contributed by atoms with Gasteiger partial charge >= 0.3 is 0 Å². The quantitative estimate of drug-likeness (QED) is 0.454. The second-order valence-electron chi connectivity index (χ2n) is 5.78. The molecule has 1 rings (SSSR count). The fraction of sp³-hybridized carbons (Fsp3) is 0.929. The van der Waals surface area contributed by atoms with E-state index in [-0.39, 0.29) is 0 Å². The predicted octanol–water partition coefficient (Wildman–Crippen LogP) is 2.87. The molecule has 0 spiro atoms. The van der Waals surface area contributed by atoms with Gasteiger partial charge in [-0.15, -0.1) is 0 Å². The zero-order chi connectivity index (χ0) is 12.7. The van der Waals surface area contributed by atoms with Crippen LogP contribution >= 0.6 is 0 Å². The molecule has 0 atom stereocenters. The number of hydrogen-bond donors (Lipinski definition) is 1. The van der Waals surface area contributed by atoms with Crippen LogP contribution in [0.15, 0.2) is 4.99 Å². The van der Waals surface area contributed by atoms with Crippen LogP contribution in [0.3, 0.4) is 0 Å². The van der Waals surface area contributed by atoms with Crippen molar-refractivity contribution in [2.75, 3.05) is 26.2 Å². The fourth-order valence-electron chi connectivity index (χ4n) is 2.27. The average molecular weight is 239 g/mol. The van der Waals surface area contributed by atoms with Gasteiger partial charge in [-0.1, -0.05) is 33.6 Å². The zero-order valence-corrected chi connectivity index (χ0v) is 12.1. The first-order valence-electron chi connectivity index (χ1n) is 7.12. The van der Waals surface area contributed by atoms with E-state index in [0.29, 0.717) is 5.41 Å². The van der Waals surface area contributed by atoms with Gasteiger partial charge in [0.15, 0.2) is 5.96 Å². The molecule has 0 aromatic heterocycles. The molecule has 17 heavy (non-hydrogen) atoms. The van der Waals surface area contributed by atoms with Crippen molar-refractivity contribution >= 4 is 5.96 Å². The van der Waals surface area contributed by atoms with Crippen molar-refractivity contribution in [2.24, 2.45) is 10.4 Å². The Labute approximate surface area is 107 Å². The largest absolute Gasteiger partial charge is 0.357 e. The van der Waals surface area contributed by atoms with Gasteiger partial charge in [-0.2, -0.15) is 0 Å². The Morgan fingerprint density at radius 1 is 1.29 bits per heavy atom. The summed E-state index contributed by atoms with van der Waals surface area (Å²) in [6.07, 6.45) is 5.03. The summed E-state index contributed by atoms with van der Waals surface area (Å²) in [5, 5.41) is 3.42. The minimum Gasteiger partial charge on any atom is -0.357 e. The van der Waals surface area contributed by atoms with Crippen molar-refractivity contribution < 1.29 is 0 Å². The summed E-state index contributed by atoms with van der Waals surface area (Å²) in [5.74, 6) is 1.12. The Bertz CT molecular complexity index is 246. The lowest BCUT2D eigenvalue weighted by molar-refractivity contribution is 0.370. The van der Waals surface area contributed by atoms with Crippen molar-refractivity contribution in [3.8, 4) is 0 Å². The SMILES string of the molecule is CCCCCN=C(NCC)N1CCC(C)(C)C1. The maximum Gasteiger partial charge on any atom is 0.193 e. The van der Waals surface area contributed by atoms with Crippen LogP contribution in [-0.2, 0) is 0 Å². The minimum atomic E-state index is 0.444. The van der Waals surface area contributed by atoms with Gasteiger partial charge in [-0.3, -0.25) is 4.99 Å². The lowest BCUT2D eigenvalue weighted by Gasteiger charge is -2.23. The van der Waals surface area contributed by atoms with Gasteiger partial charge < -0.3 is 10.2 Å². The smallest absolute Gasteiger partial charge is 0.193 e. The maximum absolute atomic E-state index is 4.73. The molecule has 0 amide bonds. The van der Waals surface area contributed by atoms with Crippen LogP contribution in [-0.4, -0.2) is 37.0 Å². The molecule has 3 nitrogen and oxygen atoms in total. The molecule has 1 fully saturated rings. The summed E-state index contributed by atoms with van der Waals surface area (Å²) in [4.78, 5) is 7.14. The van der Waals surface area contributed by atoms with Crippen LogP contribution in [0.5, 0.6) is 0 Å². The summed E-state index contributed by atoms with van der Waals surface area (Å²) < 4.78 is 0. The molecule has 0 unspecified atom stereocenters. The third-order valence-electron chi connectivity index (χ3n) is 3.34. The highest BCUT2D eigenvalue weighted by molar-refractivity contribution is 5.80. The van der Waals surface area contributed by atoms with Crippen molar-refractivity contribution in [3.05, 3.63) is 0 Å². The van der Waals surface area contributed by atoms with Gasteiger partial charge in [0.2, 0.25) is 0 Å². The number of nitrogens with zero attached hydrogens (tertiary/aromatic N) is 2. The van der Waals surface area contributed by atoms with Crippen LogP contribution in [0.2, 0.25) is 0 Å². The fourth-order valence-corrected chi connectivity index (χ4v) is 2.27. The first kappa shape index (κ1) is 14.3. The number of rotatable bonds is 5. The van der Waals surface area contributed by atoms with Gasteiger partial charge in [-0.25, -0.2) is 0 Å². The van der Waals surface area contributed by atoms with E-state index < -0.39 is 0 Å². The van der Waals surface area contributed by atoms with Crippen LogP contribution < -0.4 is 5.32 Å². The van der Waals surface area contributed by atoms with E-state index in [1.807, 2.05) is 0 Å². The molecule has 1 heterocycles. The molecular weight excluding hydrogens is 210 g/mol. The van der Waals surface area contributed by atoms with E-state index in [9.17, 15) is 0 Å². The molecule has 0 aliphatic carbocycles. The molecule has 3 heteroatoms. The van der Waals surface area contributed by atoms with Crippen LogP contribution in [0.25, 0.3) is 0 Å². The van der Waals surface area contributed by atoms with Crippen molar-refractivity contribution in [2.45, 2.75) is 53.4 Å². The Kier molecular flexibility index (Phi) is 5.79. The Balaban J connectivity index is 2.47. The molecule has 1 aliphatic rings. The number of guanidine groups is 1. The zero-order valence-electron chi connectivity index (χ0n) is 12.1. The molecule has 1 N–H and O–H groups in total. The van der Waals surface area contributed by atoms with Crippen molar-refractivity contribution in [1.29, 1.82) is 0 Å². The molecule has 0 saturated carbocycles. The third-order valence-corrected chi connectivity index (χ3v) is 3.34. The highest BCUT2D eigenvalue weighted by Gasteiger charge is 2.30. The molecule has 1 aliphatic heterocycles. The van der Waals surface area contributed by atoms with Crippen molar-refractivity contribution in [1.82, 2.24) is 10.2 Å². The summed E-state index contributed by atoms with van der Waals surface area (Å²) in [5.41, 5.74) is 0.444. The van der Waals surface area contributed by atoms with Gasteiger partial charge in [0.05, 0.1) is 0 Å². The topological polar surface area (TPSA) is 27.6 Å². The molecule has 0 aromatic carbocycles. The lowest BCUT2D eigenvalue weighted by atomic mass is 9.93. The number of aliphatic imine (C=N–C) groups is 1. The van der Waals surface area contributed by atoms with Gasteiger partial charge in [-0.05, 0) is 25.2 Å². The molecule has 100 valence electrons. The summed E-state index contributed by atoms with van der Waals surface area (Å²) in [6, 6.07) is 0. The average Bonchev–Trinajstić information content (AvgIpc) is 2.63.